The highest BCUT2D eigenvalue weighted by atomic mass is 32.2. The molecule has 1 aliphatic rings. The molecule has 0 aliphatic carbocycles. The molecule has 0 saturated carbocycles. The first-order chi connectivity index (χ1) is 15.9. The van der Waals surface area contributed by atoms with Crippen molar-refractivity contribution in [3.63, 3.8) is 0 Å². The van der Waals surface area contributed by atoms with Crippen molar-refractivity contribution in [2.75, 3.05) is 17.9 Å². The molecule has 0 saturated heterocycles. The second-order valence-electron chi connectivity index (χ2n) is 7.53. The number of fused-ring (bicyclic) bond motifs is 1. The number of anilines is 1. The first-order valence-corrected chi connectivity index (χ1v) is 11.5. The topological polar surface area (TPSA) is 107 Å². The molecule has 0 atom stereocenters. The van der Waals surface area contributed by atoms with Gasteiger partial charge in [-0.1, -0.05) is 17.8 Å². The van der Waals surface area contributed by atoms with Gasteiger partial charge in [0.05, 0.1) is 12.3 Å². The van der Waals surface area contributed by atoms with Crippen LogP contribution in [-0.2, 0) is 17.9 Å². The molecule has 2 amide bonds. The van der Waals surface area contributed by atoms with Gasteiger partial charge in [0, 0.05) is 17.8 Å². The van der Waals surface area contributed by atoms with Crippen LogP contribution in [0.2, 0.25) is 0 Å². The van der Waals surface area contributed by atoms with E-state index in [4.69, 9.17) is 9.47 Å². The highest BCUT2D eigenvalue weighted by Crippen LogP contribution is 2.32. The molecule has 0 bridgehead atoms. The number of nitrogens with zero attached hydrogens (tertiary/aromatic N) is 3. The Morgan fingerprint density at radius 3 is 2.67 bits per heavy atom. The molecule has 2 aromatic carbocycles. The van der Waals surface area contributed by atoms with Gasteiger partial charge in [-0.3, -0.25) is 9.59 Å². The maximum Gasteiger partial charge on any atom is 0.251 e. The first kappa shape index (κ1) is 22.7. The molecular weight excluding hydrogens is 442 g/mol. The van der Waals surface area contributed by atoms with E-state index in [1.807, 2.05) is 43.5 Å². The van der Waals surface area contributed by atoms with Gasteiger partial charge in [0.15, 0.2) is 22.5 Å². The van der Waals surface area contributed by atoms with E-state index in [0.29, 0.717) is 34.6 Å². The number of amides is 2. The minimum absolute atomic E-state index is 0.119. The van der Waals surface area contributed by atoms with Crippen LogP contribution in [0.1, 0.15) is 34.2 Å². The van der Waals surface area contributed by atoms with Crippen molar-refractivity contribution in [2.24, 2.45) is 0 Å². The summed E-state index contributed by atoms with van der Waals surface area (Å²) in [4.78, 5) is 24.9. The Labute approximate surface area is 195 Å². The van der Waals surface area contributed by atoms with Gasteiger partial charge in [0.1, 0.15) is 0 Å². The summed E-state index contributed by atoms with van der Waals surface area (Å²) in [5.74, 6) is 1.63. The number of nitrogens with one attached hydrogen (secondary N) is 2. The summed E-state index contributed by atoms with van der Waals surface area (Å²) in [5, 5.41) is 14.8. The Morgan fingerprint density at radius 2 is 1.88 bits per heavy atom. The highest BCUT2D eigenvalue weighted by Gasteiger charge is 2.18. The van der Waals surface area contributed by atoms with Crippen LogP contribution in [0, 0.1) is 13.8 Å². The second-order valence-corrected chi connectivity index (χ2v) is 8.47. The number of hydrogen-bond donors (Lipinski definition) is 2. The lowest BCUT2D eigenvalue weighted by molar-refractivity contribution is -0.113. The maximum absolute atomic E-state index is 12.5. The summed E-state index contributed by atoms with van der Waals surface area (Å²) in [6, 6.07) is 10.9. The zero-order valence-corrected chi connectivity index (χ0v) is 19.5. The van der Waals surface area contributed by atoms with E-state index in [1.165, 1.54) is 17.3 Å². The summed E-state index contributed by atoms with van der Waals surface area (Å²) < 4.78 is 12.5. The first-order valence-electron chi connectivity index (χ1n) is 10.5. The number of aryl methyl sites for hydroxylation is 2. The molecule has 1 aromatic heterocycles. The highest BCUT2D eigenvalue weighted by molar-refractivity contribution is 7.99. The van der Waals surface area contributed by atoms with Crippen LogP contribution in [0.4, 0.5) is 5.69 Å². The number of carbonyl (C=O) groups excluding carboxylic acids is 2. The molecule has 0 fully saturated rings. The van der Waals surface area contributed by atoms with Crippen molar-refractivity contribution in [1.82, 2.24) is 20.1 Å². The van der Waals surface area contributed by atoms with E-state index in [0.717, 1.165) is 11.3 Å². The van der Waals surface area contributed by atoms with Gasteiger partial charge in [-0.15, -0.1) is 10.2 Å². The van der Waals surface area contributed by atoms with Crippen molar-refractivity contribution < 1.29 is 19.1 Å². The third-order valence-corrected chi connectivity index (χ3v) is 6.24. The van der Waals surface area contributed by atoms with Crippen molar-refractivity contribution in [3.05, 3.63) is 58.9 Å². The summed E-state index contributed by atoms with van der Waals surface area (Å²) in [6.07, 6.45) is 0. The molecule has 0 radical (unpaired) electrons. The lowest BCUT2D eigenvalue weighted by Gasteiger charge is -2.09. The minimum atomic E-state index is -0.249. The normalized spacial score (nSPS) is 12.0. The zero-order valence-electron chi connectivity index (χ0n) is 18.7. The SMILES string of the molecule is CCn1c(CNC(=O)c2ccc3c(c2)OCO3)nnc1SCC(=O)Nc1ccc(C)c(C)c1. The molecule has 2 heterocycles. The third kappa shape index (κ3) is 5.28. The van der Waals surface area contributed by atoms with Crippen molar-refractivity contribution in [3.8, 4) is 11.5 Å². The lowest BCUT2D eigenvalue weighted by atomic mass is 10.1. The number of hydrogen-bond acceptors (Lipinski definition) is 7. The van der Waals surface area contributed by atoms with Gasteiger partial charge in [0.25, 0.3) is 5.91 Å². The van der Waals surface area contributed by atoms with E-state index in [1.54, 1.807) is 18.2 Å². The Hall–Kier alpha value is -3.53. The molecule has 0 spiro atoms. The fourth-order valence-electron chi connectivity index (χ4n) is 3.32. The Kier molecular flexibility index (Phi) is 6.83. The fourth-order valence-corrected chi connectivity index (χ4v) is 4.14. The molecule has 3 aromatic rings. The summed E-state index contributed by atoms with van der Waals surface area (Å²) in [6.45, 7) is 6.99. The van der Waals surface area contributed by atoms with Gasteiger partial charge >= 0.3 is 0 Å². The average Bonchev–Trinajstić information content (AvgIpc) is 3.44. The molecule has 4 rings (SSSR count). The Balaban J connectivity index is 1.33. The van der Waals surface area contributed by atoms with E-state index in [9.17, 15) is 9.59 Å². The van der Waals surface area contributed by atoms with Crippen molar-refractivity contribution >= 4 is 29.3 Å². The maximum atomic E-state index is 12.5. The van der Waals surface area contributed by atoms with E-state index in [2.05, 4.69) is 20.8 Å². The molecular formula is C23H25N5O4S. The van der Waals surface area contributed by atoms with Gasteiger partial charge in [-0.05, 0) is 62.2 Å². The standard InChI is InChI=1S/C23H25N5O4S/c1-4-28-20(11-24-22(30)16-6-8-18-19(10-16)32-13-31-18)26-27-23(28)33-12-21(29)25-17-7-5-14(2)15(3)9-17/h5-10H,4,11-13H2,1-3H3,(H,24,30)(H,25,29). The molecule has 0 unspecified atom stereocenters. The van der Waals surface area contributed by atoms with Gasteiger partial charge in [-0.2, -0.15) is 0 Å². The monoisotopic (exact) mass is 467 g/mol. The molecule has 10 heteroatoms. The van der Waals surface area contributed by atoms with Crippen LogP contribution in [0.3, 0.4) is 0 Å². The number of thioether (sulfide) groups is 1. The predicted molar refractivity (Wildman–Crippen MR) is 125 cm³/mol. The second kappa shape index (κ2) is 9.95. The van der Waals surface area contributed by atoms with Crippen LogP contribution in [-0.4, -0.2) is 39.1 Å². The predicted octanol–water partition coefficient (Wildman–Crippen LogP) is 3.30. The third-order valence-electron chi connectivity index (χ3n) is 5.27. The fraction of sp³-hybridized carbons (Fsp3) is 0.304. The number of rotatable bonds is 8. The molecule has 172 valence electrons. The van der Waals surface area contributed by atoms with Crippen LogP contribution in [0.15, 0.2) is 41.6 Å². The van der Waals surface area contributed by atoms with Gasteiger partial charge in [0.2, 0.25) is 12.7 Å². The zero-order chi connectivity index (χ0) is 23.4. The molecule has 9 nitrogen and oxygen atoms in total. The number of benzene rings is 2. The molecule has 2 N–H and O–H groups in total. The quantitative estimate of drug-likeness (QED) is 0.490. The minimum Gasteiger partial charge on any atom is -0.454 e. The summed E-state index contributed by atoms with van der Waals surface area (Å²) >= 11 is 1.31. The van der Waals surface area contributed by atoms with E-state index < -0.39 is 0 Å². The van der Waals surface area contributed by atoms with Gasteiger partial charge < -0.3 is 24.7 Å². The smallest absolute Gasteiger partial charge is 0.251 e. The van der Waals surface area contributed by atoms with Crippen molar-refractivity contribution in [2.45, 2.75) is 39.0 Å². The lowest BCUT2D eigenvalue weighted by Crippen LogP contribution is -2.24. The van der Waals surface area contributed by atoms with Crippen LogP contribution in [0.25, 0.3) is 0 Å². The van der Waals surface area contributed by atoms with Crippen LogP contribution >= 0.6 is 11.8 Å². The number of aromatic nitrogens is 3. The molecule has 1 aliphatic heterocycles. The molecule has 33 heavy (non-hydrogen) atoms. The summed E-state index contributed by atoms with van der Waals surface area (Å²) in [5.41, 5.74) is 3.54. The van der Waals surface area contributed by atoms with Crippen molar-refractivity contribution in [1.29, 1.82) is 0 Å². The number of carbonyl (C=O) groups is 2. The Bertz CT molecular complexity index is 1190. The number of ether oxygens (including phenoxy) is 2. The van der Waals surface area contributed by atoms with E-state index >= 15 is 0 Å². The van der Waals surface area contributed by atoms with E-state index in [-0.39, 0.29) is 30.9 Å². The van der Waals surface area contributed by atoms with Gasteiger partial charge in [-0.25, -0.2) is 0 Å². The average molecular weight is 468 g/mol. The van der Waals surface area contributed by atoms with Crippen LogP contribution < -0.4 is 20.1 Å². The Morgan fingerprint density at radius 1 is 1.06 bits per heavy atom. The van der Waals surface area contributed by atoms with Crippen LogP contribution in [0.5, 0.6) is 11.5 Å². The largest absolute Gasteiger partial charge is 0.454 e. The summed E-state index contributed by atoms with van der Waals surface area (Å²) in [7, 11) is 0.